The van der Waals surface area contributed by atoms with Gasteiger partial charge in [0.1, 0.15) is 5.75 Å². The summed E-state index contributed by atoms with van der Waals surface area (Å²) in [5, 5.41) is 0.576. The SMILES string of the molecule is CCC(C)N(CC1CC2(CCCCCCC2)CS1)C(=O)COc1ccc(C)cc1. The Morgan fingerprint density at radius 3 is 2.48 bits per heavy atom. The number of carbonyl (C=O) groups is 1. The van der Waals surface area contributed by atoms with Crippen molar-refractivity contribution in [2.24, 2.45) is 5.41 Å². The Bertz CT molecular complexity index is 637. The molecule has 1 saturated carbocycles. The van der Waals surface area contributed by atoms with E-state index in [1.807, 2.05) is 24.3 Å². The van der Waals surface area contributed by atoms with Crippen molar-refractivity contribution < 1.29 is 9.53 Å². The average Bonchev–Trinajstić information content (AvgIpc) is 3.11. The fourth-order valence-electron chi connectivity index (χ4n) is 4.85. The molecule has 4 heteroatoms. The highest BCUT2D eigenvalue weighted by Gasteiger charge is 2.40. The van der Waals surface area contributed by atoms with E-state index < -0.39 is 0 Å². The Labute approximate surface area is 182 Å². The smallest absolute Gasteiger partial charge is 0.260 e. The number of thioether (sulfide) groups is 1. The van der Waals surface area contributed by atoms with E-state index in [1.54, 1.807) is 0 Å². The van der Waals surface area contributed by atoms with Crippen LogP contribution in [-0.2, 0) is 4.79 Å². The molecule has 29 heavy (non-hydrogen) atoms. The van der Waals surface area contributed by atoms with E-state index in [0.717, 1.165) is 18.7 Å². The number of carbonyl (C=O) groups excluding carboxylic acids is 1. The van der Waals surface area contributed by atoms with Gasteiger partial charge in [-0.15, -0.1) is 0 Å². The van der Waals surface area contributed by atoms with Gasteiger partial charge in [-0.05, 0) is 62.8 Å². The number of hydrogen-bond donors (Lipinski definition) is 0. The maximum atomic E-state index is 13.0. The third-order valence-corrected chi connectivity index (χ3v) is 8.49. The molecule has 0 aromatic heterocycles. The highest BCUT2D eigenvalue weighted by atomic mass is 32.2. The van der Waals surface area contributed by atoms with Crippen molar-refractivity contribution in [3.63, 3.8) is 0 Å². The van der Waals surface area contributed by atoms with E-state index in [2.05, 4.69) is 37.4 Å². The van der Waals surface area contributed by atoms with Gasteiger partial charge < -0.3 is 9.64 Å². The van der Waals surface area contributed by atoms with Crippen LogP contribution in [0.1, 0.15) is 77.2 Å². The quantitative estimate of drug-likeness (QED) is 0.526. The number of ether oxygens (including phenoxy) is 1. The molecule has 1 amide bonds. The van der Waals surface area contributed by atoms with Crippen LogP contribution in [0.25, 0.3) is 0 Å². The lowest BCUT2D eigenvalue weighted by Gasteiger charge is -2.33. The summed E-state index contributed by atoms with van der Waals surface area (Å²) in [5.74, 6) is 2.19. The second kappa shape index (κ2) is 10.7. The predicted molar refractivity (Wildman–Crippen MR) is 124 cm³/mol. The molecular weight excluding hydrogens is 378 g/mol. The highest BCUT2D eigenvalue weighted by molar-refractivity contribution is 8.00. The number of rotatable bonds is 7. The van der Waals surface area contributed by atoms with Crippen LogP contribution in [0.4, 0.5) is 0 Å². The van der Waals surface area contributed by atoms with Gasteiger partial charge in [0, 0.05) is 17.8 Å². The van der Waals surface area contributed by atoms with Crippen molar-refractivity contribution >= 4 is 17.7 Å². The van der Waals surface area contributed by atoms with Crippen LogP contribution >= 0.6 is 11.8 Å². The van der Waals surface area contributed by atoms with Gasteiger partial charge in [-0.25, -0.2) is 0 Å². The molecule has 1 aliphatic carbocycles. The van der Waals surface area contributed by atoms with E-state index in [1.165, 1.54) is 62.7 Å². The molecule has 1 aromatic carbocycles. The molecule has 162 valence electrons. The van der Waals surface area contributed by atoms with E-state index in [4.69, 9.17) is 4.74 Å². The first-order valence-corrected chi connectivity index (χ1v) is 12.7. The Balaban J connectivity index is 1.57. The van der Waals surface area contributed by atoms with E-state index in [9.17, 15) is 4.79 Å². The zero-order valence-corrected chi connectivity index (χ0v) is 19.4. The standard InChI is InChI=1S/C25H39NO2S/c1-4-21(3)26(24(27)18-28-22-12-10-20(2)11-13-22)17-23-16-25(19-29-23)14-8-6-5-7-9-15-25/h10-13,21,23H,4-9,14-19H2,1-3H3. The van der Waals surface area contributed by atoms with Crippen LogP contribution < -0.4 is 4.74 Å². The lowest BCUT2D eigenvalue weighted by atomic mass is 9.75. The van der Waals surface area contributed by atoms with Crippen molar-refractivity contribution in [3.8, 4) is 5.75 Å². The average molecular weight is 418 g/mol. The largest absolute Gasteiger partial charge is 0.484 e. The summed E-state index contributed by atoms with van der Waals surface area (Å²) in [6.07, 6.45) is 12.1. The molecule has 1 heterocycles. The number of nitrogens with zero attached hydrogens (tertiary/aromatic N) is 1. The monoisotopic (exact) mass is 417 g/mol. The van der Waals surface area contributed by atoms with Crippen LogP contribution in [0.5, 0.6) is 5.75 Å². The summed E-state index contributed by atoms with van der Waals surface area (Å²) < 4.78 is 5.81. The molecule has 1 saturated heterocycles. The first-order chi connectivity index (χ1) is 14.0. The van der Waals surface area contributed by atoms with Crippen molar-refractivity contribution in [2.45, 2.75) is 89.9 Å². The number of hydrogen-bond acceptors (Lipinski definition) is 3. The van der Waals surface area contributed by atoms with Crippen LogP contribution in [0.2, 0.25) is 0 Å². The van der Waals surface area contributed by atoms with E-state index in [0.29, 0.717) is 10.7 Å². The first-order valence-electron chi connectivity index (χ1n) is 11.6. The molecule has 0 radical (unpaired) electrons. The summed E-state index contributed by atoms with van der Waals surface area (Å²) >= 11 is 2.12. The molecule has 2 atom stereocenters. The van der Waals surface area contributed by atoms with Crippen LogP contribution in [0.15, 0.2) is 24.3 Å². The molecule has 2 aliphatic rings. The van der Waals surface area contributed by atoms with Crippen LogP contribution in [-0.4, -0.2) is 41.0 Å². The zero-order valence-electron chi connectivity index (χ0n) is 18.6. The minimum atomic E-state index is 0.124. The number of benzene rings is 1. The van der Waals surface area contributed by atoms with Gasteiger partial charge in [0.2, 0.25) is 0 Å². The number of aryl methyl sites for hydroxylation is 1. The Morgan fingerprint density at radius 1 is 1.17 bits per heavy atom. The summed E-state index contributed by atoms with van der Waals surface area (Å²) in [4.78, 5) is 15.1. The third-order valence-electron chi connectivity index (χ3n) is 6.93. The minimum absolute atomic E-state index is 0.124. The Morgan fingerprint density at radius 2 is 1.83 bits per heavy atom. The van der Waals surface area contributed by atoms with E-state index >= 15 is 0 Å². The van der Waals surface area contributed by atoms with Crippen LogP contribution in [0, 0.1) is 12.3 Å². The lowest BCUT2D eigenvalue weighted by molar-refractivity contribution is -0.135. The van der Waals surface area contributed by atoms with Gasteiger partial charge >= 0.3 is 0 Å². The van der Waals surface area contributed by atoms with Gasteiger partial charge in [0.05, 0.1) is 0 Å². The zero-order chi connectivity index (χ0) is 20.7. The van der Waals surface area contributed by atoms with Gasteiger partial charge in [0.25, 0.3) is 5.91 Å². The van der Waals surface area contributed by atoms with Gasteiger partial charge in [-0.3, -0.25) is 4.79 Å². The molecule has 0 N–H and O–H groups in total. The Kier molecular flexibility index (Phi) is 8.35. The molecule has 1 spiro atoms. The minimum Gasteiger partial charge on any atom is -0.484 e. The van der Waals surface area contributed by atoms with Crippen molar-refractivity contribution in [2.75, 3.05) is 18.9 Å². The second-order valence-corrected chi connectivity index (χ2v) is 10.6. The lowest BCUT2D eigenvalue weighted by Crippen LogP contribution is -2.44. The summed E-state index contributed by atoms with van der Waals surface area (Å²) in [6, 6.07) is 8.20. The highest BCUT2D eigenvalue weighted by Crippen LogP contribution is 2.49. The Hall–Kier alpha value is -1.16. The molecular formula is C25H39NO2S. The molecule has 1 aliphatic heterocycles. The molecule has 2 fully saturated rings. The van der Waals surface area contributed by atoms with Crippen molar-refractivity contribution in [1.29, 1.82) is 0 Å². The summed E-state index contributed by atoms with van der Waals surface area (Å²) in [7, 11) is 0. The van der Waals surface area contributed by atoms with Crippen LogP contribution in [0.3, 0.4) is 0 Å². The normalized spacial score (nSPS) is 22.7. The fraction of sp³-hybridized carbons (Fsp3) is 0.720. The van der Waals surface area contributed by atoms with Crippen molar-refractivity contribution in [1.82, 2.24) is 4.90 Å². The molecule has 0 bridgehead atoms. The fourth-order valence-corrected chi connectivity index (χ4v) is 6.58. The van der Waals surface area contributed by atoms with E-state index in [-0.39, 0.29) is 18.6 Å². The van der Waals surface area contributed by atoms with Gasteiger partial charge in [-0.2, -0.15) is 11.8 Å². The topological polar surface area (TPSA) is 29.5 Å². The van der Waals surface area contributed by atoms with Crippen molar-refractivity contribution in [3.05, 3.63) is 29.8 Å². The number of amides is 1. The third kappa shape index (κ3) is 6.41. The first kappa shape index (κ1) is 22.5. The maximum Gasteiger partial charge on any atom is 0.260 e. The maximum absolute atomic E-state index is 13.0. The molecule has 1 aromatic rings. The van der Waals surface area contributed by atoms with Gasteiger partial charge in [-0.1, -0.05) is 56.7 Å². The summed E-state index contributed by atoms with van der Waals surface area (Å²) in [5.41, 5.74) is 1.74. The van der Waals surface area contributed by atoms with Gasteiger partial charge in [0.15, 0.2) is 6.61 Å². The molecule has 2 unspecified atom stereocenters. The predicted octanol–water partition coefficient (Wildman–Crippen LogP) is 6.24. The summed E-state index contributed by atoms with van der Waals surface area (Å²) in [6.45, 7) is 7.41. The second-order valence-electron chi connectivity index (χ2n) is 9.31. The molecule has 3 nitrogen and oxygen atoms in total. The molecule has 3 rings (SSSR count).